The van der Waals surface area contributed by atoms with Crippen LogP contribution in [0.25, 0.3) is 0 Å². The molecule has 1 heterocycles. The monoisotopic (exact) mass is 346 g/mol. The minimum atomic E-state index is -1.33. The van der Waals surface area contributed by atoms with Crippen LogP contribution in [0.15, 0.2) is 34.3 Å². The van der Waals surface area contributed by atoms with Crippen molar-refractivity contribution in [1.29, 1.82) is 0 Å². The third kappa shape index (κ3) is 2.32. The van der Waals surface area contributed by atoms with Crippen molar-refractivity contribution in [1.82, 2.24) is 0 Å². The summed E-state index contributed by atoms with van der Waals surface area (Å²) in [5, 5.41) is 22.3. The molecule has 0 aromatic carbocycles. The number of hydrogen-bond acceptors (Lipinski definition) is 5. The summed E-state index contributed by atoms with van der Waals surface area (Å²) in [6.07, 6.45) is 4.88. The van der Waals surface area contributed by atoms with Gasteiger partial charge < -0.3 is 14.6 Å². The van der Waals surface area contributed by atoms with Gasteiger partial charge in [0, 0.05) is 17.3 Å². The predicted octanol–water partition coefficient (Wildman–Crippen LogP) is 3.37. The maximum absolute atomic E-state index is 12.7. The van der Waals surface area contributed by atoms with E-state index in [-0.39, 0.29) is 11.5 Å². The molecule has 0 saturated heterocycles. The third-order valence-corrected chi connectivity index (χ3v) is 6.64. The Balaban J connectivity index is 2.10. The van der Waals surface area contributed by atoms with E-state index in [1.54, 1.807) is 33.3 Å². The first-order valence-electron chi connectivity index (χ1n) is 8.81. The molecule has 2 aliphatic carbocycles. The van der Waals surface area contributed by atoms with Crippen molar-refractivity contribution < 1.29 is 24.2 Å². The zero-order valence-corrected chi connectivity index (χ0v) is 15.3. The molecule has 5 heteroatoms. The van der Waals surface area contributed by atoms with Crippen molar-refractivity contribution in [2.75, 3.05) is 0 Å². The summed E-state index contributed by atoms with van der Waals surface area (Å²) < 4.78 is 5.09. The lowest BCUT2D eigenvalue weighted by atomic mass is 9.47. The molecule has 2 aliphatic rings. The van der Waals surface area contributed by atoms with E-state index in [0.717, 1.165) is 5.56 Å². The molecular weight excluding hydrogens is 320 g/mol. The fourth-order valence-corrected chi connectivity index (χ4v) is 4.91. The number of allylic oxidation sites excluding steroid dienone is 1. The van der Waals surface area contributed by atoms with Gasteiger partial charge in [0.2, 0.25) is 5.78 Å². The van der Waals surface area contributed by atoms with E-state index in [2.05, 4.69) is 0 Å². The second-order valence-corrected chi connectivity index (χ2v) is 8.25. The Labute approximate surface area is 147 Å². The standard InChI is InChI=1S/C20H26O5/c1-12-15(22)16(23)17-18(2,3)14(21)6-8-19(17,4)20(12,24)9-5-13-7-10-25-11-13/h7,10-12,23-24H,5-6,8-9H2,1-4H3/t12-,19+,20-/m1/s1. The lowest BCUT2D eigenvalue weighted by molar-refractivity contribution is -0.161. The van der Waals surface area contributed by atoms with E-state index in [1.807, 2.05) is 13.0 Å². The molecule has 3 atom stereocenters. The zero-order chi connectivity index (χ0) is 18.6. The molecule has 0 unspecified atom stereocenters. The minimum absolute atomic E-state index is 0.00828. The number of ketones is 2. The molecule has 3 rings (SSSR count). The number of fused-ring (bicyclic) bond motifs is 1. The van der Waals surface area contributed by atoms with E-state index in [9.17, 15) is 19.8 Å². The fourth-order valence-electron chi connectivity index (χ4n) is 4.91. The Morgan fingerprint density at radius 2 is 1.96 bits per heavy atom. The first-order valence-corrected chi connectivity index (χ1v) is 8.81. The Morgan fingerprint density at radius 1 is 1.28 bits per heavy atom. The SMILES string of the molecule is C[C@@H]1C(=O)C(O)=C2C(C)(C)C(=O)CC[C@]2(C)[C@@]1(O)CCc1ccoc1. The second-order valence-electron chi connectivity index (χ2n) is 8.25. The van der Waals surface area contributed by atoms with E-state index < -0.39 is 28.1 Å². The summed E-state index contributed by atoms with van der Waals surface area (Å²) in [4.78, 5) is 25.1. The Hall–Kier alpha value is -1.88. The van der Waals surface area contributed by atoms with Gasteiger partial charge in [0.1, 0.15) is 5.78 Å². The smallest absolute Gasteiger partial charge is 0.202 e. The highest BCUT2D eigenvalue weighted by atomic mass is 16.3. The predicted molar refractivity (Wildman–Crippen MR) is 91.9 cm³/mol. The van der Waals surface area contributed by atoms with Crippen molar-refractivity contribution in [3.63, 3.8) is 0 Å². The number of carbonyl (C=O) groups excluding carboxylic acids is 2. The van der Waals surface area contributed by atoms with Gasteiger partial charge in [-0.1, -0.05) is 13.8 Å². The van der Waals surface area contributed by atoms with Gasteiger partial charge in [-0.25, -0.2) is 0 Å². The normalized spacial score (nSPS) is 35.0. The molecule has 1 aromatic rings. The number of furan rings is 1. The fraction of sp³-hybridized carbons (Fsp3) is 0.600. The number of Topliss-reactive ketones (excluding diaryl/α,β-unsaturated/α-hetero) is 2. The number of carbonyl (C=O) groups is 2. The maximum Gasteiger partial charge on any atom is 0.202 e. The van der Waals surface area contributed by atoms with E-state index in [4.69, 9.17) is 4.42 Å². The average Bonchev–Trinajstić information content (AvgIpc) is 3.07. The molecule has 5 nitrogen and oxygen atoms in total. The van der Waals surface area contributed by atoms with Crippen LogP contribution in [0.5, 0.6) is 0 Å². The van der Waals surface area contributed by atoms with E-state index in [0.29, 0.717) is 31.3 Å². The first-order chi connectivity index (χ1) is 11.6. The molecule has 0 bridgehead atoms. The van der Waals surface area contributed by atoms with Gasteiger partial charge in [-0.2, -0.15) is 0 Å². The van der Waals surface area contributed by atoms with Crippen LogP contribution in [0.3, 0.4) is 0 Å². The lowest BCUT2D eigenvalue weighted by Gasteiger charge is -2.57. The number of hydrogen-bond donors (Lipinski definition) is 2. The molecule has 1 saturated carbocycles. The molecule has 25 heavy (non-hydrogen) atoms. The molecular formula is C20H26O5. The summed E-state index contributed by atoms with van der Waals surface area (Å²) in [5.74, 6) is -1.56. The quantitative estimate of drug-likeness (QED) is 0.876. The molecule has 0 spiro atoms. The lowest BCUT2D eigenvalue weighted by Crippen LogP contribution is -2.62. The third-order valence-electron chi connectivity index (χ3n) is 6.64. The first kappa shape index (κ1) is 17.9. The largest absolute Gasteiger partial charge is 0.504 e. The van der Waals surface area contributed by atoms with Gasteiger partial charge in [0.15, 0.2) is 5.76 Å². The molecule has 1 aromatic heterocycles. The number of aryl methyl sites for hydroxylation is 1. The van der Waals surface area contributed by atoms with Crippen molar-refractivity contribution >= 4 is 11.6 Å². The summed E-state index contributed by atoms with van der Waals surface area (Å²) in [6.45, 7) is 7.01. The van der Waals surface area contributed by atoms with Gasteiger partial charge in [-0.15, -0.1) is 0 Å². The van der Waals surface area contributed by atoms with Crippen LogP contribution in [-0.2, 0) is 16.0 Å². The van der Waals surface area contributed by atoms with Crippen LogP contribution in [0.1, 0.15) is 52.5 Å². The Morgan fingerprint density at radius 3 is 2.56 bits per heavy atom. The van der Waals surface area contributed by atoms with Gasteiger partial charge in [0.05, 0.1) is 24.0 Å². The van der Waals surface area contributed by atoms with Crippen molar-refractivity contribution in [2.24, 2.45) is 16.7 Å². The highest BCUT2D eigenvalue weighted by molar-refractivity contribution is 6.01. The number of aliphatic hydroxyl groups is 2. The van der Waals surface area contributed by atoms with E-state index >= 15 is 0 Å². The Kier molecular flexibility index (Phi) is 3.99. The Bertz CT molecular complexity index is 742. The van der Waals surface area contributed by atoms with Crippen LogP contribution in [-0.4, -0.2) is 27.4 Å². The maximum atomic E-state index is 12.7. The van der Waals surface area contributed by atoms with Crippen molar-refractivity contribution in [3.05, 3.63) is 35.5 Å². The molecule has 136 valence electrons. The molecule has 0 radical (unpaired) electrons. The number of aliphatic hydroxyl groups excluding tert-OH is 1. The molecule has 0 amide bonds. The topological polar surface area (TPSA) is 87.7 Å². The average molecular weight is 346 g/mol. The number of rotatable bonds is 3. The summed E-state index contributed by atoms with van der Waals surface area (Å²) in [6, 6.07) is 1.84. The summed E-state index contributed by atoms with van der Waals surface area (Å²) in [5.41, 5.74) is -1.78. The van der Waals surface area contributed by atoms with Crippen molar-refractivity contribution in [2.45, 2.75) is 59.0 Å². The van der Waals surface area contributed by atoms with Gasteiger partial charge in [-0.05, 0) is 50.3 Å². The zero-order valence-electron chi connectivity index (χ0n) is 15.3. The highest BCUT2D eigenvalue weighted by Crippen LogP contribution is 2.61. The summed E-state index contributed by atoms with van der Waals surface area (Å²) >= 11 is 0. The van der Waals surface area contributed by atoms with Crippen LogP contribution < -0.4 is 0 Å². The van der Waals surface area contributed by atoms with E-state index in [1.165, 1.54) is 0 Å². The minimum Gasteiger partial charge on any atom is -0.504 e. The van der Waals surface area contributed by atoms with Crippen LogP contribution in [0.2, 0.25) is 0 Å². The van der Waals surface area contributed by atoms with Gasteiger partial charge in [0.25, 0.3) is 0 Å². The van der Waals surface area contributed by atoms with Crippen LogP contribution >= 0.6 is 0 Å². The van der Waals surface area contributed by atoms with Crippen LogP contribution in [0, 0.1) is 16.7 Å². The van der Waals surface area contributed by atoms with Crippen LogP contribution in [0.4, 0.5) is 0 Å². The highest BCUT2D eigenvalue weighted by Gasteiger charge is 2.64. The summed E-state index contributed by atoms with van der Waals surface area (Å²) in [7, 11) is 0. The van der Waals surface area contributed by atoms with Gasteiger partial charge >= 0.3 is 0 Å². The molecule has 1 fully saturated rings. The van der Waals surface area contributed by atoms with Crippen molar-refractivity contribution in [3.8, 4) is 0 Å². The second kappa shape index (κ2) is 5.56. The molecule has 2 N–H and O–H groups in total. The molecule has 0 aliphatic heterocycles. The van der Waals surface area contributed by atoms with Gasteiger partial charge in [-0.3, -0.25) is 9.59 Å².